The van der Waals surface area contributed by atoms with Gasteiger partial charge in [-0.25, -0.2) is 0 Å². The van der Waals surface area contributed by atoms with Crippen LogP contribution in [0.2, 0.25) is 0 Å². The molecule has 128 valence electrons. The van der Waals surface area contributed by atoms with Crippen molar-refractivity contribution in [3.63, 3.8) is 0 Å². The Labute approximate surface area is 146 Å². The van der Waals surface area contributed by atoms with E-state index in [2.05, 4.69) is 4.98 Å². The zero-order valence-electron chi connectivity index (χ0n) is 13.9. The van der Waals surface area contributed by atoms with E-state index in [-0.39, 0.29) is 11.9 Å². The Morgan fingerprint density at radius 3 is 2.96 bits per heavy atom. The van der Waals surface area contributed by atoms with E-state index in [1.807, 2.05) is 41.3 Å². The van der Waals surface area contributed by atoms with Crippen LogP contribution < -0.4 is 9.47 Å². The third-order valence-corrected chi connectivity index (χ3v) is 4.58. The fourth-order valence-corrected chi connectivity index (χ4v) is 3.44. The van der Waals surface area contributed by atoms with Gasteiger partial charge in [0.1, 0.15) is 13.2 Å². The monoisotopic (exact) mass is 336 g/mol. The second kappa shape index (κ2) is 6.97. The highest BCUT2D eigenvalue weighted by molar-refractivity contribution is 5.92. The smallest absolute Gasteiger partial charge is 0.247 e. The van der Waals surface area contributed by atoms with Crippen LogP contribution in [0.1, 0.15) is 30.1 Å². The summed E-state index contributed by atoms with van der Waals surface area (Å²) in [6, 6.07) is 11.6. The minimum Gasteiger partial charge on any atom is -0.486 e. The van der Waals surface area contributed by atoms with Crippen molar-refractivity contribution in [3.8, 4) is 11.5 Å². The van der Waals surface area contributed by atoms with Gasteiger partial charge in [-0.1, -0.05) is 18.2 Å². The SMILES string of the molecule is O=C(/C=C/c1ccccn1)N1CCCC1c1cccc2c1OCCO2. The quantitative estimate of drug-likeness (QED) is 0.808. The first-order chi connectivity index (χ1) is 12.3. The molecule has 0 bridgehead atoms. The van der Waals surface area contributed by atoms with E-state index in [1.54, 1.807) is 18.3 Å². The number of hydrogen-bond donors (Lipinski definition) is 0. The summed E-state index contributed by atoms with van der Waals surface area (Å²) in [7, 11) is 0. The molecule has 1 fully saturated rings. The predicted octanol–water partition coefficient (Wildman–Crippen LogP) is 3.23. The molecular weight excluding hydrogens is 316 g/mol. The van der Waals surface area contributed by atoms with Crippen LogP contribution in [0.25, 0.3) is 6.08 Å². The molecule has 1 aromatic carbocycles. The molecule has 1 aromatic heterocycles. The molecule has 1 atom stereocenters. The van der Waals surface area contributed by atoms with Crippen LogP contribution >= 0.6 is 0 Å². The number of amides is 1. The van der Waals surface area contributed by atoms with Crippen LogP contribution in [-0.2, 0) is 4.79 Å². The number of carbonyl (C=O) groups is 1. The van der Waals surface area contributed by atoms with Crippen molar-refractivity contribution >= 4 is 12.0 Å². The highest BCUT2D eigenvalue weighted by atomic mass is 16.6. The van der Waals surface area contributed by atoms with Crippen molar-refractivity contribution in [3.05, 3.63) is 59.9 Å². The molecule has 0 radical (unpaired) electrons. The maximum Gasteiger partial charge on any atom is 0.247 e. The van der Waals surface area contributed by atoms with Gasteiger partial charge in [-0.3, -0.25) is 9.78 Å². The lowest BCUT2D eigenvalue weighted by Crippen LogP contribution is -2.29. The first kappa shape index (κ1) is 15.7. The number of ether oxygens (including phenoxy) is 2. The van der Waals surface area contributed by atoms with Gasteiger partial charge in [-0.2, -0.15) is 0 Å². The van der Waals surface area contributed by atoms with E-state index in [0.717, 1.165) is 42.1 Å². The zero-order chi connectivity index (χ0) is 17.1. The minimum absolute atomic E-state index is 0.00230. The van der Waals surface area contributed by atoms with E-state index in [9.17, 15) is 4.79 Å². The summed E-state index contributed by atoms with van der Waals surface area (Å²) in [5, 5.41) is 0. The third kappa shape index (κ3) is 3.22. The molecular formula is C20H20N2O3. The molecule has 3 heterocycles. The number of nitrogens with zero attached hydrogens (tertiary/aromatic N) is 2. The topological polar surface area (TPSA) is 51.7 Å². The molecule has 5 nitrogen and oxygen atoms in total. The number of pyridine rings is 1. The summed E-state index contributed by atoms with van der Waals surface area (Å²) in [6.45, 7) is 1.86. The van der Waals surface area contributed by atoms with Gasteiger partial charge in [0, 0.05) is 24.4 Å². The van der Waals surface area contributed by atoms with Gasteiger partial charge in [0.25, 0.3) is 0 Å². The van der Waals surface area contributed by atoms with Gasteiger partial charge in [-0.15, -0.1) is 0 Å². The molecule has 5 heteroatoms. The summed E-state index contributed by atoms with van der Waals surface area (Å²) < 4.78 is 11.5. The summed E-state index contributed by atoms with van der Waals surface area (Å²) in [4.78, 5) is 18.8. The fraction of sp³-hybridized carbons (Fsp3) is 0.300. The van der Waals surface area contributed by atoms with Gasteiger partial charge in [0.15, 0.2) is 11.5 Å². The number of benzene rings is 1. The first-order valence-corrected chi connectivity index (χ1v) is 8.61. The summed E-state index contributed by atoms with van der Waals surface area (Å²) >= 11 is 0. The number of rotatable bonds is 3. The van der Waals surface area contributed by atoms with Crippen LogP contribution in [0, 0.1) is 0 Å². The second-order valence-corrected chi connectivity index (χ2v) is 6.15. The highest BCUT2D eigenvalue weighted by Gasteiger charge is 2.32. The Morgan fingerprint density at radius 2 is 2.08 bits per heavy atom. The maximum absolute atomic E-state index is 12.7. The highest BCUT2D eigenvalue weighted by Crippen LogP contribution is 2.42. The number of para-hydroxylation sites is 1. The first-order valence-electron chi connectivity index (χ1n) is 8.61. The van der Waals surface area contributed by atoms with E-state index in [1.165, 1.54) is 0 Å². The fourth-order valence-electron chi connectivity index (χ4n) is 3.44. The zero-order valence-corrected chi connectivity index (χ0v) is 13.9. The van der Waals surface area contributed by atoms with Crippen LogP contribution in [0.4, 0.5) is 0 Å². The van der Waals surface area contributed by atoms with Crippen LogP contribution in [-0.4, -0.2) is 35.5 Å². The lowest BCUT2D eigenvalue weighted by Gasteiger charge is -2.28. The lowest BCUT2D eigenvalue weighted by atomic mass is 10.0. The number of aromatic nitrogens is 1. The molecule has 25 heavy (non-hydrogen) atoms. The molecule has 1 unspecified atom stereocenters. The van der Waals surface area contributed by atoms with Crippen LogP contribution in [0.5, 0.6) is 11.5 Å². The summed E-state index contributed by atoms with van der Waals surface area (Å²) in [5.41, 5.74) is 1.81. The largest absolute Gasteiger partial charge is 0.486 e. The average molecular weight is 336 g/mol. The number of likely N-dealkylation sites (tertiary alicyclic amines) is 1. The van der Waals surface area contributed by atoms with Crippen molar-refractivity contribution < 1.29 is 14.3 Å². The number of carbonyl (C=O) groups excluding carboxylic acids is 1. The summed E-state index contributed by atoms with van der Waals surface area (Å²) in [5.74, 6) is 1.56. The second-order valence-electron chi connectivity index (χ2n) is 6.15. The Bertz CT molecular complexity index is 789. The Kier molecular flexibility index (Phi) is 4.37. The van der Waals surface area contributed by atoms with Crippen molar-refractivity contribution in [1.82, 2.24) is 9.88 Å². The molecule has 0 spiro atoms. The molecule has 1 amide bonds. The van der Waals surface area contributed by atoms with Crippen molar-refractivity contribution in [2.75, 3.05) is 19.8 Å². The van der Waals surface area contributed by atoms with E-state index < -0.39 is 0 Å². The van der Waals surface area contributed by atoms with Crippen LogP contribution in [0.15, 0.2) is 48.7 Å². The number of fused-ring (bicyclic) bond motifs is 1. The number of hydrogen-bond acceptors (Lipinski definition) is 4. The standard InChI is InChI=1S/C20H20N2O3/c23-19(10-9-15-5-1-2-11-21-15)22-12-4-7-17(22)16-6-3-8-18-20(16)25-14-13-24-18/h1-3,5-6,8-11,17H,4,7,12-14H2/b10-9+. The third-order valence-electron chi connectivity index (χ3n) is 4.58. The average Bonchev–Trinajstić information content (AvgIpc) is 3.16. The molecule has 0 N–H and O–H groups in total. The normalized spacial score (nSPS) is 19.4. The van der Waals surface area contributed by atoms with Crippen molar-refractivity contribution in [2.24, 2.45) is 0 Å². The predicted molar refractivity (Wildman–Crippen MR) is 94.4 cm³/mol. The van der Waals surface area contributed by atoms with Crippen LogP contribution in [0.3, 0.4) is 0 Å². The van der Waals surface area contributed by atoms with Crippen molar-refractivity contribution in [2.45, 2.75) is 18.9 Å². The molecule has 0 aliphatic carbocycles. The minimum atomic E-state index is 0.00230. The maximum atomic E-state index is 12.7. The van der Waals surface area contributed by atoms with E-state index in [4.69, 9.17) is 9.47 Å². The van der Waals surface area contributed by atoms with E-state index in [0.29, 0.717) is 13.2 Å². The van der Waals surface area contributed by atoms with E-state index >= 15 is 0 Å². The Morgan fingerprint density at radius 1 is 1.16 bits per heavy atom. The Balaban J connectivity index is 1.57. The molecule has 0 saturated carbocycles. The van der Waals surface area contributed by atoms with Gasteiger partial charge in [0.2, 0.25) is 5.91 Å². The Hall–Kier alpha value is -2.82. The van der Waals surface area contributed by atoms with Gasteiger partial charge < -0.3 is 14.4 Å². The molecule has 2 aromatic rings. The molecule has 1 saturated heterocycles. The van der Waals surface area contributed by atoms with Gasteiger partial charge >= 0.3 is 0 Å². The molecule has 4 rings (SSSR count). The molecule has 2 aliphatic rings. The van der Waals surface area contributed by atoms with Gasteiger partial charge in [-0.05, 0) is 37.1 Å². The lowest BCUT2D eigenvalue weighted by molar-refractivity contribution is -0.126. The van der Waals surface area contributed by atoms with Crippen molar-refractivity contribution in [1.29, 1.82) is 0 Å². The molecule has 2 aliphatic heterocycles. The summed E-state index contributed by atoms with van der Waals surface area (Å²) in [6.07, 6.45) is 7.00. The van der Waals surface area contributed by atoms with Gasteiger partial charge in [0.05, 0.1) is 11.7 Å².